The Morgan fingerprint density at radius 3 is 0.400 bits per heavy atom. The van der Waals surface area contributed by atoms with E-state index < -0.39 is 35.8 Å². The van der Waals surface area contributed by atoms with Crippen molar-refractivity contribution in [2.75, 3.05) is 0 Å². The minimum absolute atomic E-state index is 0. The SMILES string of the molecule is O=C([O-])C(=O)[O-].O=C([O-])C(=O)[O-].O=C([O-])C(=O)[O-].[Pu+3].[Pu+3]. The van der Waals surface area contributed by atoms with E-state index in [0.29, 0.717) is 0 Å². The zero-order chi connectivity index (χ0) is 15.5. The van der Waals surface area contributed by atoms with Crippen LogP contribution >= 0.6 is 0 Å². The van der Waals surface area contributed by atoms with Crippen molar-refractivity contribution in [2.45, 2.75) is 0 Å². The van der Waals surface area contributed by atoms with Crippen LogP contribution in [-0.2, 0) is 28.8 Å². The molecular formula is C6O12Pu2. The minimum Gasteiger partial charge on any atom is -0.543 e. The molecule has 0 aromatic heterocycles. The molecule has 0 heterocycles. The maximum atomic E-state index is 8.93. The van der Waals surface area contributed by atoms with Crippen LogP contribution in [0.3, 0.4) is 0 Å². The van der Waals surface area contributed by atoms with Crippen molar-refractivity contribution in [3.63, 3.8) is 0 Å². The molecule has 0 N–H and O–H groups in total. The smallest absolute Gasteiger partial charge is 0.543 e. The number of rotatable bonds is 0. The molecule has 108 valence electrons. The second-order valence-electron chi connectivity index (χ2n) is 1.72. The standard InChI is InChI=1S/3C2H2O4.2Pu/c3*3-1(4)2(5)6;;/h3*(H,3,4)(H,5,6);;/q;;;2*+3/p-6. The van der Waals surface area contributed by atoms with Crippen LogP contribution in [0.2, 0.25) is 0 Å². The summed E-state index contributed by atoms with van der Waals surface area (Å²) in [5.41, 5.74) is 0. The Morgan fingerprint density at radius 1 is 0.350 bits per heavy atom. The van der Waals surface area contributed by atoms with Gasteiger partial charge < -0.3 is 59.4 Å². The molecule has 14 heteroatoms. The Balaban J connectivity index is -0.0000000536. The number of aliphatic carboxylic acids is 6. The molecule has 0 aliphatic carbocycles. The predicted octanol–water partition coefficient (Wildman–Crippen LogP) is -10.5. The fraction of sp³-hybridized carbons (Fsp3) is 0. The van der Waals surface area contributed by atoms with Gasteiger partial charge in [-0.3, -0.25) is 0 Å². The number of carboxylic acids is 6. The van der Waals surface area contributed by atoms with Crippen LogP contribution in [0.4, 0.5) is 0 Å². The summed E-state index contributed by atoms with van der Waals surface area (Å²) in [5, 5.41) is 53.6. The van der Waals surface area contributed by atoms with Gasteiger partial charge in [-0.15, -0.1) is 0 Å². The second-order valence-corrected chi connectivity index (χ2v) is 1.72. The van der Waals surface area contributed by atoms with Crippen molar-refractivity contribution in [3.05, 3.63) is 0 Å². The van der Waals surface area contributed by atoms with Crippen LogP contribution in [0.5, 0.6) is 0 Å². The third-order valence-corrected chi connectivity index (χ3v) is 0.500. The van der Waals surface area contributed by atoms with Crippen LogP contribution in [-0.4, -0.2) is 35.8 Å². The molecule has 2 radical (unpaired) electrons. The fourth-order valence-electron chi connectivity index (χ4n) is 0. The van der Waals surface area contributed by atoms with E-state index in [1.807, 2.05) is 0 Å². The van der Waals surface area contributed by atoms with E-state index in [1.165, 1.54) is 0 Å². The van der Waals surface area contributed by atoms with Crippen molar-refractivity contribution in [3.8, 4) is 0 Å². The number of carbonyl (C=O) groups excluding carboxylic acids is 6. The van der Waals surface area contributed by atoms with Crippen LogP contribution in [0.1, 0.15) is 0 Å². The summed E-state index contributed by atoms with van der Waals surface area (Å²) in [6.45, 7) is 0. The first kappa shape index (κ1) is 31.3. The van der Waals surface area contributed by atoms with E-state index in [1.54, 1.807) is 0 Å². The molecule has 0 saturated heterocycles. The van der Waals surface area contributed by atoms with Gasteiger partial charge in [-0.2, -0.15) is 0 Å². The van der Waals surface area contributed by atoms with E-state index >= 15 is 0 Å². The number of hydrogen-bond acceptors (Lipinski definition) is 12. The van der Waals surface area contributed by atoms with Gasteiger partial charge in [0.25, 0.3) is 0 Å². The number of hydrogen-bond donors (Lipinski definition) is 0. The van der Waals surface area contributed by atoms with Crippen LogP contribution in [0.25, 0.3) is 0 Å². The summed E-state index contributed by atoms with van der Waals surface area (Å²) in [6, 6.07) is 0. The molecule has 20 heavy (non-hydrogen) atoms. The van der Waals surface area contributed by atoms with Gasteiger partial charge in [0.2, 0.25) is 0 Å². The normalized spacial score (nSPS) is 6.60. The maximum absolute atomic E-state index is 8.93. The maximum Gasteiger partial charge on any atom is 3.00 e. The molecule has 0 fully saturated rings. The van der Waals surface area contributed by atoms with Gasteiger partial charge >= 0.3 is 58.3 Å². The van der Waals surface area contributed by atoms with Crippen molar-refractivity contribution in [1.29, 1.82) is 0 Å². The molecular weight excluding hydrogens is 752 g/mol. The Bertz CT molecular complexity index is 281. The second kappa shape index (κ2) is 17.8. The number of carboxylic acid groups (broad SMARTS) is 6. The molecule has 0 aromatic carbocycles. The molecule has 0 rings (SSSR count). The summed E-state index contributed by atoms with van der Waals surface area (Å²) >= 11 is 0. The van der Waals surface area contributed by atoms with Gasteiger partial charge in [0, 0.05) is 0 Å². The average Bonchev–Trinajstić information content (AvgIpc) is 2.18. The summed E-state index contributed by atoms with van der Waals surface area (Å²) in [7, 11) is 0. The Kier molecular flexibility index (Phi) is 27.8. The molecule has 0 amide bonds. The van der Waals surface area contributed by atoms with Gasteiger partial charge in [-0.05, 0) is 0 Å². The summed E-state index contributed by atoms with van der Waals surface area (Å²) in [4.78, 5) is 53.6. The Labute approximate surface area is 152 Å². The first-order chi connectivity index (χ1) is 7.93. The van der Waals surface area contributed by atoms with Crippen molar-refractivity contribution < 1.29 is 118 Å². The molecule has 0 saturated carbocycles. The van der Waals surface area contributed by atoms with Crippen LogP contribution in [0.15, 0.2) is 0 Å². The minimum atomic E-state index is -2.19. The molecule has 0 aromatic rings. The predicted molar refractivity (Wildman–Crippen MR) is 30.0 cm³/mol. The first-order valence-electron chi connectivity index (χ1n) is 3.20. The topological polar surface area (TPSA) is 241 Å². The average molecular weight is 752 g/mol. The van der Waals surface area contributed by atoms with E-state index in [9.17, 15) is 0 Å². The zero-order valence-corrected chi connectivity index (χ0v) is 15.5. The first-order valence-corrected chi connectivity index (χ1v) is 3.20. The molecule has 12 nitrogen and oxygen atoms in total. The van der Waals surface area contributed by atoms with Gasteiger partial charge in [-0.25, -0.2) is 0 Å². The molecule has 0 unspecified atom stereocenters. The van der Waals surface area contributed by atoms with Gasteiger partial charge in [0.1, 0.15) is 0 Å². The summed E-state index contributed by atoms with van der Waals surface area (Å²) in [6.07, 6.45) is 0. The van der Waals surface area contributed by atoms with Crippen molar-refractivity contribution in [2.24, 2.45) is 0 Å². The molecule has 0 atom stereocenters. The van der Waals surface area contributed by atoms with Gasteiger partial charge in [-0.1, -0.05) is 0 Å². The third-order valence-electron chi connectivity index (χ3n) is 0.500. The van der Waals surface area contributed by atoms with E-state index in [-0.39, 0.29) is 58.3 Å². The van der Waals surface area contributed by atoms with E-state index in [2.05, 4.69) is 0 Å². The molecule has 0 spiro atoms. The zero-order valence-electron chi connectivity index (χ0n) is 8.72. The van der Waals surface area contributed by atoms with Crippen molar-refractivity contribution in [1.82, 2.24) is 0 Å². The van der Waals surface area contributed by atoms with E-state index in [4.69, 9.17) is 59.4 Å². The van der Waals surface area contributed by atoms with Gasteiger partial charge in [0.05, 0.1) is 35.8 Å². The monoisotopic (exact) mass is 740 g/mol. The van der Waals surface area contributed by atoms with Crippen LogP contribution < -0.4 is 30.6 Å². The summed E-state index contributed by atoms with van der Waals surface area (Å²) < 4.78 is 0. The van der Waals surface area contributed by atoms with Gasteiger partial charge in [0.15, 0.2) is 0 Å². The van der Waals surface area contributed by atoms with E-state index in [0.717, 1.165) is 0 Å². The Morgan fingerprint density at radius 2 is 0.400 bits per heavy atom. The summed E-state index contributed by atoms with van der Waals surface area (Å²) in [5.74, 6) is -13.1. The largest absolute Gasteiger partial charge is 3.00 e. The fourth-order valence-corrected chi connectivity index (χ4v) is 0. The number of carbonyl (C=O) groups is 6. The molecule has 0 bridgehead atoms. The van der Waals surface area contributed by atoms with Crippen molar-refractivity contribution >= 4 is 35.8 Å². The quantitative estimate of drug-likeness (QED) is 0.210. The molecule has 0 aliphatic heterocycles. The third kappa shape index (κ3) is 36.0. The Hall–Kier alpha value is -1.21. The molecule has 0 aliphatic rings. The van der Waals surface area contributed by atoms with Crippen LogP contribution in [0, 0.1) is 58.3 Å².